The first kappa shape index (κ1) is 12.0. The monoisotopic (exact) mass is 253 g/mol. The van der Waals surface area contributed by atoms with Crippen molar-refractivity contribution in [3.05, 3.63) is 11.1 Å². The van der Waals surface area contributed by atoms with Gasteiger partial charge in [-0.1, -0.05) is 0 Å². The number of ether oxygens (including phenoxy) is 1. The maximum Gasteiger partial charge on any atom is 0.242 e. The zero-order valence-corrected chi connectivity index (χ0v) is 10.9. The van der Waals surface area contributed by atoms with Crippen molar-refractivity contribution in [2.75, 3.05) is 27.7 Å². The van der Waals surface area contributed by atoms with E-state index in [1.807, 2.05) is 18.7 Å². The van der Waals surface area contributed by atoms with Crippen LogP contribution in [0.3, 0.4) is 0 Å². The molecule has 0 unspecified atom stereocenters. The summed E-state index contributed by atoms with van der Waals surface area (Å²) in [7, 11) is 5.62. The molecule has 0 aliphatic carbocycles. The maximum atomic E-state index is 5.28. The van der Waals surface area contributed by atoms with Gasteiger partial charge in [-0.15, -0.1) is 0 Å². The molecule has 0 aliphatic heterocycles. The smallest absolute Gasteiger partial charge is 0.242 e. The number of hydrogen-bond donors (Lipinski definition) is 1. The van der Waals surface area contributed by atoms with Gasteiger partial charge in [0.1, 0.15) is 11.8 Å². The van der Waals surface area contributed by atoms with E-state index in [-0.39, 0.29) is 0 Å². The Labute approximate surface area is 104 Å². The maximum absolute atomic E-state index is 5.28. The molecule has 2 aromatic rings. The lowest BCUT2D eigenvalue weighted by Gasteiger charge is -2.10. The van der Waals surface area contributed by atoms with Crippen molar-refractivity contribution in [1.82, 2.24) is 24.4 Å². The Morgan fingerprint density at radius 1 is 1.47 bits per heavy atom. The molecule has 0 spiro atoms. The number of fused-ring (bicyclic) bond motifs is 1. The van der Waals surface area contributed by atoms with Gasteiger partial charge in [0.25, 0.3) is 0 Å². The Balaban J connectivity index is 2.49. The molecule has 0 saturated carbocycles. The van der Waals surface area contributed by atoms with Crippen LogP contribution >= 0.6 is 12.2 Å². The van der Waals surface area contributed by atoms with Crippen molar-refractivity contribution in [3.63, 3.8) is 0 Å². The van der Waals surface area contributed by atoms with Crippen molar-refractivity contribution < 1.29 is 4.74 Å². The zero-order valence-electron chi connectivity index (χ0n) is 10.1. The van der Waals surface area contributed by atoms with Crippen molar-refractivity contribution >= 4 is 23.4 Å². The Morgan fingerprint density at radius 3 is 2.88 bits per heavy atom. The molecule has 0 atom stereocenters. The van der Waals surface area contributed by atoms with E-state index in [0.29, 0.717) is 10.7 Å². The van der Waals surface area contributed by atoms with E-state index in [0.717, 1.165) is 24.3 Å². The number of imidazole rings is 1. The van der Waals surface area contributed by atoms with Gasteiger partial charge in [-0.2, -0.15) is 4.98 Å². The fourth-order valence-corrected chi connectivity index (χ4v) is 1.89. The first-order valence-electron chi connectivity index (χ1n) is 5.25. The highest BCUT2D eigenvalue weighted by atomic mass is 32.1. The molecule has 17 heavy (non-hydrogen) atoms. The third kappa shape index (κ3) is 2.29. The molecule has 0 saturated heterocycles. The molecule has 7 heteroatoms. The predicted molar refractivity (Wildman–Crippen MR) is 67.8 cm³/mol. The van der Waals surface area contributed by atoms with Gasteiger partial charge in [0.15, 0.2) is 10.4 Å². The highest BCUT2D eigenvalue weighted by Gasteiger charge is 2.10. The van der Waals surface area contributed by atoms with Crippen LogP contribution in [0.15, 0.2) is 6.33 Å². The summed E-state index contributed by atoms with van der Waals surface area (Å²) < 4.78 is 7.76. The van der Waals surface area contributed by atoms with Gasteiger partial charge >= 0.3 is 0 Å². The Hall–Kier alpha value is -1.47. The molecule has 0 amide bonds. The number of nitrogens with one attached hydrogen (secondary N) is 1. The highest BCUT2D eigenvalue weighted by Crippen LogP contribution is 2.19. The zero-order chi connectivity index (χ0) is 12.4. The van der Waals surface area contributed by atoms with E-state index < -0.39 is 0 Å². The minimum Gasteiger partial charge on any atom is -0.479 e. The second-order valence-electron chi connectivity index (χ2n) is 3.97. The highest BCUT2D eigenvalue weighted by molar-refractivity contribution is 7.71. The summed E-state index contributed by atoms with van der Waals surface area (Å²) in [5.41, 5.74) is 1.53. The lowest BCUT2D eigenvalue weighted by atomic mass is 10.5. The first-order chi connectivity index (χ1) is 8.13. The van der Waals surface area contributed by atoms with Crippen molar-refractivity contribution in [1.29, 1.82) is 0 Å². The summed E-state index contributed by atoms with van der Waals surface area (Å²) >= 11 is 5.28. The quantitative estimate of drug-likeness (QED) is 0.826. The van der Waals surface area contributed by atoms with Gasteiger partial charge in [0, 0.05) is 13.1 Å². The van der Waals surface area contributed by atoms with Crippen LogP contribution in [0.2, 0.25) is 0 Å². The fourth-order valence-electron chi connectivity index (χ4n) is 1.61. The molecule has 0 bridgehead atoms. The average molecular weight is 253 g/mol. The van der Waals surface area contributed by atoms with Crippen LogP contribution in [0.25, 0.3) is 11.2 Å². The molecule has 6 nitrogen and oxygen atoms in total. The number of hydrogen-bond acceptors (Lipinski definition) is 5. The molecule has 0 fully saturated rings. The van der Waals surface area contributed by atoms with Crippen LogP contribution in [0.1, 0.15) is 0 Å². The van der Waals surface area contributed by atoms with Gasteiger partial charge in [-0.05, 0) is 26.3 Å². The number of H-pyrrole nitrogens is 1. The SMILES string of the molecule is COc1ncnc2c1[nH]c(=S)n2CCN(C)C. The summed E-state index contributed by atoms with van der Waals surface area (Å²) in [5.74, 6) is 0.518. The first-order valence-corrected chi connectivity index (χ1v) is 5.66. The second-order valence-corrected chi connectivity index (χ2v) is 4.35. The Kier molecular flexibility index (Phi) is 3.39. The van der Waals surface area contributed by atoms with E-state index >= 15 is 0 Å². The third-order valence-corrected chi connectivity index (χ3v) is 2.81. The Morgan fingerprint density at radius 2 is 2.24 bits per heavy atom. The number of aromatic amines is 1. The number of aromatic nitrogens is 4. The third-order valence-electron chi connectivity index (χ3n) is 2.49. The largest absolute Gasteiger partial charge is 0.479 e. The summed E-state index contributed by atoms with van der Waals surface area (Å²) in [6.07, 6.45) is 1.48. The molecule has 0 aliphatic rings. The van der Waals surface area contributed by atoms with Gasteiger partial charge in [0.05, 0.1) is 7.11 Å². The topological polar surface area (TPSA) is 59.0 Å². The standard InChI is InChI=1S/C10H15N5OS/c1-14(2)4-5-15-8-7(13-10(15)17)9(16-3)12-6-11-8/h6H,4-5H2,1-3H3,(H,13,17). The lowest BCUT2D eigenvalue weighted by molar-refractivity contribution is 0.384. The van der Waals surface area contributed by atoms with Crippen LogP contribution in [0, 0.1) is 4.77 Å². The summed E-state index contributed by atoms with van der Waals surface area (Å²) in [4.78, 5) is 13.5. The van der Waals surface area contributed by atoms with Crippen LogP contribution in [-0.2, 0) is 6.54 Å². The molecule has 0 radical (unpaired) electrons. The van der Waals surface area contributed by atoms with Gasteiger partial charge in [-0.3, -0.25) is 0 Å². The molecule has 2 rings (SSSR count). The minimum absolute atomic E-state index is 0.518. The van der Waals surface area contributed by atoms with E-state index in [9.17, 15) is 0 Å². The van der Waals surface area contributed by atoms with Crippen molar-refractivity contribution in [3.8, 4) is 5.88 Å². The van der Waals surface area contributed by atoms with Gasteiger partial charge in [0.2, 0.25) is 5.88 Å². The van der Waals surface area contributed by atoms with E-state index in [1.54, 1.807) is 7.11 Å². The molecular formula is C10H15N5OS. The van der Waals surface area contributed by atoms with Gasteiger partial charge < -0.3 is 19.2 Å². The van der Waals surface area contributed by atoms with E-state index in [4.69, 9.17) is 17.0 Å². The summed E-state index contributed by atoms with van der Waals surface area (Å²) in [6.45, 7) is 1.68. The molecule has 2 aromatic heterocycles. The number of methoxy groups -OCH3 is 1. The molecular weight excluding hydrogens is 238 g/mol. The van der Waals surface area contributed by atoms with Crippen LogP contribution < -0.4 is 4.74 Å². The van der Waals surface area contributed by atoms with Crippen LogP contribution in [0.5, 0.6) is 5.88 Å². The van der Waals surface area contributed by atoms with Crippen LogP contribution in [0.4, 0.5) is 0 Å². The van der Waals surface area contributed by atoms with Crippen molar-refractivity contribution in [2.45, 2.75) is 6.54 Å². The van der Waals surface area contributed by atoms with Crippen LogP contribution in [-0.4, -0.2) is 52.2 Å². The number of nitrogens with zero attached hydrogens (tertiary/aromatic N) is 4. The van der Waals surface area contributed by atoms with E-state index in [1.165, 1.54) is 6.33 Å². The normalized spacial score (nSPS) is 11.3. The predicted octanol–water partition coefficient (Wildman–Crippen LogP) is 1.06. The lowest BCUT2D eigenvalue weighted by Crippen LogP contribution is -2.18. The fraction of sp³-hybridized carbons (Fsp3) is 0.500. The Bertz CT molecular complexity index is 574. The molecule has 2 heterocycles. The minimum atomic E-state index is 0.518. The summed E-state index contributed by atoms with van der Waals surface area (Å²) in [6, 6.07) is 0. The number of likely N-dealkylation sites (N-methyl/N-ethyl adjacent to an activating group) is 1. The van der Waals surface area contributed by atoms with Gasteiger partial charge in [-0.25, -0.2) is 4.98 Å². The molecule has 92 valence electrons. The number of rotatable bonds is 4. The molecule has 0 aromatic carbocycles. The van der Waals surface area contributed by atoms with Crippen molar-refractivity contribution in [2.24, 2.45) is 0 Å². The van der Waals surface area contributed by atoms with E-state index in [2.05, 4.69) is 19.9 Å². The average Bonchev–Trinajstić information content (AvgIpc) is 2.62. The summed E-state index contributed by atoms with van der Waals surface area (Å²) in [5, 5.41) is 0. The second kappa shape index (κ2) is 4.80. The molecule has 1 N–H and O–H groups in total.